The van der Waals surface area contributed by atoms with Gasteiger partial charge in [-0.1, -0.05) is 0 Å². The van der Waals surface area contributed by atoms with Gasteiger partial charge in [-0.25, -0.2) is 0 Å². The predicted molar refractivity (Wildman–Crippen MR) is 118 cm³/mol. The summed E-state index contributed by atoms with van der Waals surface area (Å²) in [6.45, 7) is 3.48. The number of alkyl halides is 3. The van der Waals surface area contributed by atoms with Crippen LogP contribution in [0.1, 0.15) is 36.1 Å². The molecule has 4 aliphatic rings. The van der Waals surface area contributed by atoms with E-state index >= 15 is 0 Å². The number of aromatic nitrogens is 1. The quantitative estimate of drug-likeness (QED) is 0.709. The van der Waals surface area contributed by atoms with Gasteiger partial charge < -0.3 is 24.6 Å². The molecule has 1 N–H and O–H groups in total. The van der Waals surface area contributed by atoms with Gasteiger partial charge in [-0.05, 0) is 43.9 Å². The van der Waals surface area contributed by atoms with Crippen molar-refractivity contribution in [3.05, 3.63) is 29.1 Å². The maximum atomic E-state index is 14.0. The first kappa shape index (κ1) is 24.0. The van der Waals surface area contributed by atoms with Crippen molar-refractivity contribution in [1.82, 2.24) is 20.1 Å². The maximum Gasteiger partial charge on any atom is 0.417 e. The molecule has 34 heavy (non-hydrogen) atoms. The Hall–Kier alpha value is -1.75. The molecule has 188 valence electrons. The molecule has 1 amide bonds. The summed E-state index contributed by atoms with van der Waals surface area (Å²) in [6, 6.07) is 1.56. The Bertz CT molecular complexity index is 929. The smallest absolute Gasteiger partial charge is 0.379 e. The molecule has 0 radical (unpaired) electrons. The molecule has 1 aromatic heterocycles. The number of methoxy groups -OCH3 is 1. The van der Waals surface area contributed by atoms with Gasteiger partial charge in [0.25, 0.3) is 0 Å². The Morgan fingerprint density at radius 2 is 2.21 bits per heavy atom. The zero-order chi connectivity index (χ0) is 24.1. The van der Waals surface area contributed by atoms with E-state index in [1.165, 1.54) is 0 Å². The van der Waals surface area contributed by atoms with Gasteiger partial charge in [0.1, 0.15) is 0 Å². The average Bonchev–Trinajstić information content (AvgIpc) is 3.30. The molecule has 3 aliphatic heterocycles. The van der Waals surface area contributed by atoms with Crippen molar-refractivity contribution < 1.29 is 27.4 Å². The van der Waals surface area contributed by atoms with Crippen molar-refractivity contribution >= 4 is 5.91 Å². The van der Waals surface area contributed by atoms with Crippen LogP contribution in [0.4, 0.5) is 13.2 Å². The molecular formula is C24H33F3N4O3. The molecule has 4 heterocycles. The highest BCUT2D eigenvalue weighted by Crippen LogP contribution is 2.50. The van der Waals surface area contributed by atoms with Crippen molar-refractivity contribution in [2.75, 3.05) is 47.0 Å². The zero-order valence-corrected chi connectivity index (χ0v) is 19.7. The summed E-state index contributed by atoms with van der Waals surface area (Å²) in [5.41, 5.74) is -0.101. The van der Waals surface area contributed by atoms with E-state index in [0.29, 0.717) is 44.0 Å². The Morgan fingerprint density at radius 3 is 2.97 bits per heavy atom. The van der Waals surface area contributed by atoms with Gasteiger partial charge in [0.15, 0.2) is 0 Å². The van der Waals surface area contributed by atoms with E-state index in [-0.39, 0.29) is 36.6 Å². The minimum Gasteiger partial charge on any atom is -0.379 e. The third kappa shape index (κ3) is 4.34. The van der Waals surface area contributed by atoms with Gasteiger partial charge in [0, 0.05) is 70.3 Å². The van der Waals surface area contributed by atoms with Crippen LogP contribution in [0.5, 0.6) is 0 Å². The highest BCUT2D eigenvalue weighted by atomic mass is 19.4. The van der Waals surface area contributed by atoms with Gasteiger partial charge in [-0.3, -0.25) is 9.78 Å². The number of halogens is 3. The molecule has 0 bridgehead atoms. The summed E-state index contributed by atoms with van der Waals surface area (Å²) in [6.07, 6.45) is -0.549. The van der Waals surface area contributed by atoms with Crippen LogP contribution in [0.25, 0.3) is 0 Å². The standard InChI is InChI=1S/C24H33F3N4O3/c1-30-12-17-8-18(29-20-4-6-34-13-21(20)33-2)9-23(17,14-30)22(32)31-5-3-19-15(11-31)7-16(10-28-19)24(25,26)27/h7,10,17-18,20-21,29H,3-6,8-9,11-14H2,1-2H3/t17-,18+,20-,21+,23-/m0/s1. The highest BCUT2D eigenvalue weighted by molar-refractivity contribution is 5.84. The number of likely N-dealkylation sites (tertiary alicyclic amines) is 1. The van der Waals surface area contributed by atoms with Crippen LogP contribution in [0.15, 0.2) is 12.3 Å². The monoisotopic (exact) mass is 482 g/mol. The molecule has 10 heteroatoms. The number of carbonyl (C=O) groups excluding carboxylic acids is 1. The maximum absolute atomic E-state index is 14.0. The molecule has 0 spiro atoms. The molecule has 0 unspecified atom stereocenters. The fourth-order valence-corrected chi connectivity index (χ4v) is 6.59. The lowest BCUT2D eigenvalue weighted by molar-refractivity contribution is -0.144. The lowest BCUT2D eigenvalue weighted by Crippen LogP contribution is -2.52. The summed E-state index contributed by atoms with van der Waals surface area (Å²) in [5.74, 6) is 0.300. The Kier molecular flexibility index (Phi) is 6.37. The zero-order valence-electron chi connectivity index (χ0n) is 19.7. The number of nitrogens with one attached hydrogen (secondary N) is 1. The molecule has 7 nitrogen and oxygen atoms in total. The Morgan fingerprint density at radius 1 is 1.38 bits per heavy atom. The molecule has 1 aromatic rings. The van der Waals surface area contributed by atoms with Gasteiger partial charge in [0.05, 0.1) is 23.7 Å². The molecule has 1 saturated carbocycles. The number of rotatable bonds is 4. The van der Waals surface area contributed by atoms with E-state index in [2.05, 4.69) is 15.2 Å². The first-order valence-electron chi connectivity index (χ1n) is 12.1. The molecule has 2 saturated heterocycles. The van der Waals surface area contributed by atoms with Crippen molar-refractivity contribution in [3.8, 4) is 0 Å². The van der Waals surface area contributed by atoms with E-state index in [1.54, 1.807) is 12.0 Å². The average molecular weight is 483 g/mol. The summed E-state index contributed by atoms with van der Waals surface area (Å²) < 4.78 is 50.8. The number of amides is 1. The number of ether oxygens (including phenoxy) is 2. The van der Waals surface area contributed by atoms with Crippen LogP contribution in [0.2, 0.25) is 0 Å². The highest BCUT2D eigenvalue weighted by Gasteiger charge is 2.58. The van der Waals surface area contributed by atoms with Crippen LogP contribution in [-0.2, 0) is 33.4 Å². The van der Waals surface area contributed by atoms with Gasteiger partial charge in [-0.2, -0.15) is 13.2 Å². The minimum atomic E-state index is -4.44. The number of hydrogen-bond acceptors (Lipinski definition) is 6. The summed E-state index contributed by atoms with van der Waals surface area (Å²) in [4.78, 5) is 22.0. The van der Waals surface area contributed by atoms with Crippen molar-refractivity contribution in [2.45, 2.75) is 56.6 Å². The van der Waals surface area contributed by atoms with E-state index in [4.69, 9.17) is 9.47 Å². The number of nitrogens with zero attached hydrogens (tertiary/aromatic N) is 3. The fraction of sp³-hybridized carbons (Fsp3) is 0.750. The number of fused-ring (bicyclic) bond motifs is 2. The van der Waals surface area contributed by atoms with Crippen LogP contribution in [0, 0.1) is 11.3 Å². The second kappa shape index (κ2) is 9.04. The normalized spacial score (nSPS) is 34.2. The number of hydrogen-bond donors (Lipinski definition) is 1. The van der Waals surface area contributed by atoms with Crippen molar-refractivity contribution in [1.29, 1.82) is 0 Å². The SMILES string of the molecule is CO[C@@H]1COCC[C@@H]1N[C@@H]1C[C@H]2CN(C)C[C@@]2(C(=O)N2CCc3ncc(C(F)(F)F)cc3C2)C1. The fourth-order valence-electron chi connectivity index (χ4n) is 6.59. The summed E-state index contributed by atoms with van der Waals surface area (Å²) in [7, 11) is 3.74. The van der Waals surface area contributed by atoms with E-state index < -0.39 is 17.2 Å². The molecule has 5 atom stereocenters. The lowest BCUT2D eigenvalue weighted by Gasteiger charge is -2.37. The minimum absolute atomic E-state index is 0.00237. The predicted octanol–water partition coefficient (Wildman–Crippen LogP) is 2.09. The number of pyridine rings is 1. The first-order chi connectivity index (χ1) is 16.2. The summed E-state index contributed by atoms with van der Waals surface area (Å²) >= 11 is 0. The van der Waals surface area contributed by atoms with Crippen LogP contribution in [-0.4, -0.2) is 85.9 Å². The van der Waals surface area contributed by atoms with Crippen LogP contribution < -0.4 is 5.32 Å². The van der Waals surface area contributed by atoms with Gasteiger partial charge in [0.2, 0.25) is 5.91 Å². The first-order valence-corrected chi connectivity index (χ1v) is 12.1. The third-order valence-electron chi connectivity index (χ3n) is 8.18. The molecule has 1 aliphatic carbocycles. The molecule has 3 fully saturated rings. The van der Waals surface area contributed by atoms with E-state index in [0.717, 1.165) is 38.1 Å². The van der Waals surface area contributed by atoms with Gasteiger partial charge in [-0.15, -0.1) is 0 Å². The van der Waals surface area contributed by atoms with E-state index in [9.17, 15) is 18.0 Å². The third-order valence-corrected chi connectivity index (χ3v) is 8.18. The largest absolute Gasteiger partial charge is 0.417 e. The molecule has 0 aromatic carbocycles. The van der Waals surface area contributed by atoms with Crippen molar-refractivity contribution in [2.24, 2.45) is 11.3 Å². The molecular weight excluding hydrogens is 449 g/mol. The Labute approximate surface area is 198 Å². The summed E-state index contributed by atoms with van der Waals surface area (Å²) in [5, 5.41) is 3.76. The second-order valence-corrected chi connectivity index (χ2v) is 10.4. The topological polar surface area (TPSA) is 66.9 Å². The molecule has 5 rings (SSSR count). The van der Waals surface area contributed by atoms with E-state index in [1.807, 2.05) is 7.05 Å². The van der Waals surface area contributed by atoms with Crippen LogP contribution >= 0.6 is 0 Å². The lowest BCUT2D eigenvalue weighted by atomic mass is 9.78. The van der Waals surface area contributed by atoms with Crippen molar-refractivity contribution in [3.63, 3.8) is 0 Å². The number of carbonyl (C=O) groups is 1. The van der Waals surface area contributed by atoms with Crippen LogP contribution in [0.3, 0.4) is 0 Å². The van der Waals surface area contributed by atoms with Gasteiger partial charge >= 0.3 is 6.18 Å². The second-order valence-electron chi connectivity index (χ2n) is 10.4. The Balaban J connectivity index is 1.33.